The largest absolute Gasteiger partial charge is 0.457 e. The molecule has 3 aromatic rings. The van der Waals surface area contributed by atoms with E-state index in [1.165, 1.54) is 12.0 Å². The fourth-order valence-corrected chi connectivity index (χ4v) is 4.74. The SMILES string of the molecule is OC1(c2ccc(Oc3ccccc3)cc2)CCN(CC2CC2c2ccccc2)CC1. The third-order valence-corrected chi connectivity index (χ3v) is 6.70. The highest BCUT2D eigenvalue weighted by Gasteiger charge is 2.41. The first kappa shape index (κ1) is 19.3. The number of rotatable bonds is 6. The summed E-state index contributed by atoms with van der Waals surface area (Å²) in [6, 6.07) is 28.6. The van der Waals surface area contributed by atoms with E-state index in [1.54, 1.807) is 0 Å². The smallest absolute Gasteiger partial charge is 0.127 e. The molecule has 1 saturated carbocycles. The second-order valence-corrected chi connectivity index (χ2v) is 8.78. The van der Waals surface area contributed by atoms with Crippen molar-refractivity contribution in [2.75, 3.05) is 19.6 Å². The van der Waals surface area contributed by atoms with Gasteiger partial charge in [0.1, 0.15) is 11.5 Å². The van der Waals surface area contributed by atoms with Crippen LogP contribution in [0.1, 0.15) is 36.3 Å². The van der Waals surface area contributed by atoms with Gasteiger partial charge >= 0.3 is 0 Å². The van der Waals surface area contributed by atoms with Gasteiger partial charge in [0, 0.05) is 19.6 Å². The molecule has 1 aliphatic carbocycles. The summed E-state index contributed by atoms with van der Waals surface area (Å²) in [5.74, 6) is 3.12. The molecular weight excluding hydrogens is 370 g/mol. The minimum atomic E-state index is -0.732. The number of aliphatic hydroxyl groups is 1. The number of piperidine rings is 1. The summed E-state index contributed by atoms with van der Waals surface area (Å²) in [6.45, 7) is 3.06. The molecule has 2 fully saturated rings. The van der Waals surface area contributed by atoms with Gasteiger partial charge in [-0.25, -0.2) is 0 Å². The molecule has 0 spiro atoms. The van der Waals surface area contributed by atoms with Gasteiger partial charge in [-0.05, 0) is 66.5 Å². The van der Waals surface area contributed by atoms with Crippen LogP contribution in [0.2, 0.25) is 0 Å². The lowest BCUT2D eigenvalue weighted by Crippen LogP contribution is -2.43. The van der Waals surface area contributed by atoms with Crippen molar-refractivity contribution < 1.29 is 9.84 Å². The van der Waals surface area contributed by atoms with E-state index in [9.17, 15) is 5.11 Å². The molecule has 3 aromatic carbocycles. The Kier molecular flexibility index (Phi) is 5.32. The number of nitrogens with zero attached hydrogens (tertiary/aromatic N) is 1. The van der Waals surface area contributed by atoms with Crippen molar-refractivity contribution in [1.29, 1.82) is 0 Å². The van der Waals surface area contributed by atoms with Gasteiger partial charge in [-0.2, -0.15) is 0 Å². The van der Waals surface area contributed by atoms with Crippen LogP contribution in [0.3, 0.4) is 0 Å². The van der Waals surface area contributed by atoms with Gasteiger partial charge in [0.25, 0.3) is 0 Å². The van der Waals surface area contributed by atoms with E-state index in [2.05, 4.69) is 35.2 Å². The summed E-state index contributed by atoms with van der Waals surface area (Å²) in [4.78, 5) is 2.54. The topological polar surface area (TPSA) is 32.7 Å². The summed E-state index contributed by atoms with van der Waals surface area (Å²) in [6.07, 6.45) is 2.87. The van der Waals surface area contributed by atoms with Gasteiger partial charge in [-0.15, -0.1) is 0 Å². The summed E-state index contributed by atoms with van der Waals surface area (Å²) in [5.41, 5.74) is 1.74. The van der Waals surface area contributed by atoms with Crippen LogP contribution in [0.5, 0.6) is 11.5 Å². The molecule has 5 rings (SSSR count). The monoisotopic (exact) mass is 399 g/mol. The number of ether oxygens (including phenoxy) is 1. The first-order valence-electron chi connectivity index (χ1n) is 11.0. The molecule has 3 nitrogen and oxygen atoms in total. The predicted octanol–water partition coefficient (Wildman–Crippen LogP) is 5.57. The lowest BCUT2D eigenvalue weighted by molar-refractivity contribution is -0.0268. The Hall–Kier alpha value is -2.62. The Labute approximate surface area is 178 Å². The molecule has 1 saturated heterocycles. The summed E-state index contributed by atoms with van der Waals surface area (Å²) >= 11 is 0. The number of likely N-dealkylation sites (tertiary alicyclic amines) is 1. The number of benzene rings is 3. The molecule has 2 aliphatic rings. The molecule has 0 radical (unpaired) electrons. The zero-order chi connectivity index (χ0) is 20.4. The summed E-state index contributed by atoms with van der Waals surface area (Å²) in [5, 5.41) is 11.3. The Morgan fingerprint density at radius 3 is 2.07 bits per heavy atom. The normalized spacial score (nSPS) is 23.1. The van der Waals surface area contributed by atoms with Gasteiger partial charge < -0.3 is 14.7 Å². The van der Waals surface area contributed by atoms with Crippen LogP contribution in [0.25, 0.3) is 0 Å². The first-order valence-corrected chi connectivity index (χ1v) is 11.0. The van der Waals surface area contributed by atoms with E-state index in [0.717, 1.165) is 61.4 Å². The standard InChI is InChI=1S/C27H29NO2/c29-27(23-11-13-25(14-12-23)30-24-9-5-2-6-10-24)15-17-28(18-16-27)20-22-19-26(22)21-7-3-1-4-8-21/h1-14,22,26,29H,15-20H2. The minimum absolute atomic E-state index is 0.726. The molecule has 1 aliphatic heterocycles. The summed E-state index contributed by atoms with van der Waals surface area (Å²) in [7, 11) is 0. The number of hydrogen-bond acceptors (Lipinski definition) is 3. The Bertz CT molecular complexity index is 947. The van der Waals surface area contributed by atoms with Gasteiger partial charge in [-0.3, -0.25) is 0 Å². The molecular formula is C27H29NO2. The van der Waals surface area contributed by atoms with E-state index in [4.69, 9.17) is 4.74 Å². The molecule has 2 atom stereocenters. The first-order chi connectivity index (χ1) is 14.7. The number of para-hydroxylation sites is 1. The lowest BCUT2D eigenvalue weighted by atomic mass is 9.84. The van der Waals surface area contributed by atoms with E-state index in [-0.39, 0.29) is 0 Å². The van der Waals surface area contributed by atoms with Crippen LogP contribution < -0.4 is 4.74 Å². The van der Waals surface area contributed by atoms with Gasteiger partial charge in [-0.1, -0.05) is 60.7 Å². The molecule has 1 heterocycles. The molecule has 1 N–H and O–H groups in total. The molecule has 154 valence electrons. The van der Waals surface area contributed by atoms with Crippen molar-refractivity contribution in [1.82, 2.24) is 4.90 Å². The maximum absolute atomic E-state index is 11.3. The quantitative estimate of drug-likeness (QED) is 0.588. The van der Waals surface area contributed by atoms with Crippen molar-refractivity contribution in [3.05, 3.63) is 96.1 Å². The highest BCUT2D eigenvalue weighted by atomic mass is 16.5. The van der Waals surface area contributed by atoms with Crippen molar-refractivity contribution in [2.24, 2.45) is 5.92 Å². The zero-order valence-electron chi connectivity index (χ0n) is 17.3. The fourth-order valence-electron chi connectivity index (χ4n) is 4.74. The molecule has 30 heavy (non-hydrogen) atoms. The molecule has 0 bridgehead atoms. The molecule has 0 amide bonds. The van der Waals surface area contributed by atoms with E-state index >= 15 is 0 Å². The van der Waals surface area contributed by atoms with Gasteiger partial charge in [0.2, 0.25) is 0 Å². The third kappa shape index (κ3) is 4.28. The highest BCUT2D eigenvalue weighted by molar-refractivity contribution is 5.35. The van der Waals surface area contributed by atoms with E-state index in [0.29, 0.717) is 0 Å². The van der Waals surface area contributed by atoms with Crippen molar-refractivity contribution in [2.45, 2.75) is 30.8 Å². The van der Waals surface area contributed by atoms with E-state index < -0.39 is 5.60 Å². The predicted molar refractivity (Wildman–Crippen MR) is 120 cm³/mol. The lowest BCUT2D eigenvalue weighted by Gasteiger charge is -2.38. The second-order valence-electron chi connectivity index (χ2n) is 8.78. The average Bonchev–Trinajstić information content (AvgIpc) is 3.56. The van der Waals surface area contributed by atoms with Gasteiger partial charge in [0.15, 0.2) is 0 Å². The highest BCUT2D eigenvalue weighted by Crippen LogP contribution is 2.48. The van der Waals surface area contributed by atoms with Crippen molar-refractivity contribution in [3.63, 3.8) is 0 Å². The van der Waals surface area contributed by atoms with Crippen molar-refractivity contribution in [3.8, 4) is 11.5 Å². The summed E-state index contributed by atoms with van der Waals surface area (Å²) < 4.78 is 5.88. The third-order valence-electron chi connectivity index (χ3n) is 6.70. The van der Waals surface area contributed by atoms with Crippen LogP contribution in [0.4, 0.5) is 0 Å². The Balaban J connectivity index is 1.15. The molecule has 3 heteroatoms. The maximum Gasteiger partial charge on any atom is 0.127 e. The minimum Gasteiger partial charge on any atom is -0.457 e. The fraction of sp³-hybridized carbons (Fsp3) is 0.333. The van der Waals surface area contributed by atoms with Crippen molar-refractivity contribution >= 4 is 0 Å². The molecule has 2 unspecified atom stereocenters. The van der Waals surface area contributed by atoms with Gasteiger partial charge in [0.05, 0.1) is 5.60 Å². The average molecular weight is 400 g/mol. The maximum atomic E-state index is 11.3. The van der Waals surface area contributed by atoms with Crippen LogP contribution >= 0.6 is 0 Å². The Morgan fingerprint density at radius 2 is 1.40 bits per heavy atom. The molecule has 0 aromatic heterocycles. The van der Waals surface area contributed by atoms with Crippen LogP contribution in [-0.2, 0) is 5.60 Å². The number of hydrogen-bond donors (Lipinski definition) is 1. The van der Waals surface area contributed by atoms with E-state index in [1.807, 2.05) is 54.6 Å². The second kappa shape index (κ2) is 8.25. The van der Waals surface area contributed by atoms with Crippen LogP contribution in [-0.4, -0.2) is 29.6 Å². The zero-order valence-corrected chi connectivity index (χ0v) is 17.3. The van der Waals surface area contributed by atoms with Crippen LogP contribution in [0, 0.1) is 5.92 Å². The van der Waals surface area contributed by atoms with Crippen LogP contribution in [0.15, 0.2) is 84.9 Å². The Morgan fingerprint density at radius 1 is 0.800 bits per heavy atom.